The van der Waals surface area contributed by atoms with E-state index < -0.39 is 5.97 Å². The molecule has 0 fully saturated rings. The molecule has 1 aromatic carbocycles. The molecule has 4 heteroatoms. The molecule has 0 saturated heterocycles. The molecule has 0 heterocycles. The third kappa shape index (κ3) is 6.68. The Labute approximate surface area is 121 Å². The predicted molar refractivity (Wildman–Crippen MR) is 79.7 cm³/mol. The van der Waals surface area contributed by atoms with E-state index in [9.17, 15) is 4.79 Å². The highest BCUT2D eigenvalue weighted by Crippen LogP contribution is 2.06. The summed E-state index contributed by atoms with van der Waals surface area (Å²) in [5, 5.41) is 17.9. The van der Waals surface area contributed by atoms with E-state index in [-0.39, 0.29) is 12.5 Å². The second-order valence-corrected chi connectivity index (χ2v) is 5.21. The maximum absolute atomic E-state index is 10.9. The van der Waals surface area contributed by atoms with Gasteiger partial charge in [0.1, 0.15) is 0 Å². The van der Waals surface area contributed by atoms with Crippen LogP contribution in [-0.4, -0.2) is 47.3 Å². The van der Waals surface area contributed by atoms with Gasteiger partial charge in [-0.25, -0.2) is 0 Å². The summed E-state index contributed by atoms with van der Waals surface area (Å²) in [5.41, 5.74) is 1.31. The molecule has 4 nitrogen and oxygen atoms in total. The molecule has 0 spiro atoms. The van der Waals surface area contributed by atoms with Crippen molar-refractivity contribution in [2.75, 3.05) is 26.2 Å². The Kier molecular flexibility index (Phi) is 7.92. The third-order valence-corrected chi connectivity index (χ3v) is 3.37. The van der Waals surface area contributed by atoms with E-state index in [0.29, 0.717) is 13.0 Å². The van der Waals surface area contributed by atoms with Crippen LogP contribution in [0.25, 0.3) is 0 Å². The largest absolute Gasteiger partial charge is 0.481 e. The number of benzene rings is 1. The maximum Gasteiger partial charge on any atom is 0.307 e. The van der Waals surface area contributed by atoms with Crippen molar-refractivity contribution in [3.8, 4) is 0 Å². The molecule has 112 valence electrons. The van der Waals surface area contributed by atoms with Crippen molar-refractivity contribution in [2.45, 2.75) is 26.2 Å². The van der Waals surface area contributed by atoms with Crippen LogP contribution in [0.5, 0.6) is 0 Å². The first-order chi connectivity index (χ1) is 9.63. The number of aryl methyl sites for hydroxylation is 1. The summed E-state index contributed by atoms with van der Waals surface area (Å²) in [6, 6.07) is 10.3. The normalized spacial score (nSPS) is 12.6. The van der Waals surface area contributed by atoms with Gasteiger partial charge in [0.05, 0.1) is 5.92 Å². The van der Waals surface area contributed by atoms with Crippen LogP contribution in [0.2, 0.25) is 0 Å². The molecular weight excluding hydrogens is 254 g/mol. The van der Waals surface area contributed by atoms with Gasteiger partial charge in [0.15, 0.2) is 0 Å². The molecule has 0 aromatic heterocycles. The summed E-state index contributed by atoms with van der Waals surface area (Å²) in [5.74, 6) is -1.13. The summed E-state index contributed by atoms with van der Waals surface area (Å²) in [6.07, 6.45) is 2.69. The van der Waals surface area contributed by atoms with Crippen LogP contribution in [0.1, 0.15) is 25.3 Å². The number of carboxylic acid groups (broad SMARTS) is 1. The first-order valence-electron chi connectivity index (χ1n) is 7.23. The number of nitrogens with zero attached hydrogens (tertiary/aromatic N) is 1. The van der Waals surface area contributed by atoms with Crippen LogP contribution < -0.4 is 0 Å². The van der Waals surface area contributed by atoms with E-state index in [0.717, 1.165) is 25.9 Å². The number of hydrogen-bond donors (Lipinski definition) is 2. The Morgan fingerprint density at radius 1 is 1.20 bits per heavy atom. The molecule has 0 saturated carbocycles. The van der Waals surface area contributed by atoms with Gasteiger partial charge in [-0.05, 0) is 31.4 Å². The molecule has 0 amide bonds. The summed E-state index contributed by atoms with van der Waals surface area (Å²) >= 11 is 0. The first kappa shape index (κ1) is 16.7. The van der Waals surface area contributed by atoms with Crippen LogP contribution in [0.15, 0.2) is 30.3 Å². The van der Waals surface area contributed by atoms with Crippen molar-refractivity contribution in [1.82, 2.24) is 4.90 Å². The second kappa shape index (κ2) is 9.50. The van der Waals surface area contributed by atoms with Gasteiger partial charge in [-0.3, -0.25) is 4.79 Å². The Morgan fingerprint density at radius 3 is 2.45 bits per heavy atom. The van der Waals surface area contributed by atoms with E-state index in [1.807, 2.05) is 18.2 Å². The van der Waals surface area contributed by atoms with Gasteiger partial charge >= 0.3 is 5.97 Å². The number of aliphatic hydroxyl groups is 1. The molecule has 0 aliphatic heterocycles. The summed E-state index contributed by atoms with van der Waals surface area (Å²) < 4.78 is 0. The molecule has 0 aliphatic carbocycles. The molecular formula is C16H25NO3. The fraction of sp³-hybridized carbons (Fsp3) is 0.562. The molecule has 2 N–H and O–H groups in total. The lowest BCUT2D eigenvalue weighted by Crippen LogP contribution is -2.34. The minimum absolute atomic E-state index is 0.149. The number of aliphatic hydroxyl groups excluding tert-OH is 1. The average Bonchev–Trinajstić information content (AvgIpc) is 2.45. The number of carbonyl (C=O) groups is 1. The Hall–Kier alpha value is -1.39. The Morgan fingerprint density at radius 2 is 1.85 bits per heavy atom. The minimum atomic E-state index is -0.762. The lowest BCUT2D eigenvalue weighted by atomic mass is 10.1. The molecule has 20 heavy (non-hydrogen) atoms. The summed E-state index contributed by atoms with van der Waals surface area (Å²) in [7, 11) is 0. The van der Waals surface area contributed by atoms with Gasteiger partial charge in [0.2, 0.25) is 0 Å². The van der Waals surface area contributed by atoms with Gasteiger partial charge in [0, 0.05) is 19.7 Å². The molecule has 1 atom stereocenters. The van der Waals surface area contributed by atoms with Crippen LogP contribution in [0.4, 0.5) is 0 Å². The van der Waals surface area contributed by atoms with Gasteiger partial charge in [-0.2, -0.15) is 0 Å². The topological polar surface area (TPSA) is 60.8 Å². The monoisotopic (exact) mass is 279 g/mol. The highest BCUT2D eigenvalue weighted by Gasteiger charge is 2.15. The fourth-order valence-electron chi connectivity index (χ4n) is 2.21. The smallest absolute Gasteiger partial charge is 0.307 e. The van der Waals surface area contributed by atoms with Crippen LogP contribution in [-0.2, 0) is 11.2 Å². The van der Waals surface area contributed by atoms with Gasteiger partial charge < -0.3 is 15.1 Å². The quantitative estimate of drug-likeness (QED) is 0.688. The lowest BCUT2D eigenvalue weighted by Gasteiger charge is -2.23. The fourth-order valence-corrected chi connectivity index (χ4v) is 2.21. The molecule has 0 aliphatic rings. The lowest BCUT2D eigenvalue weighted by molar-refractivity contribution is -0.141. The minimum Gasteiger partial charge on any atom is -0.481 e. The van der Waals surface area contributed by atoms with Crippen LogP contribution in [0, 0.1) is 5.92 Å². The van der Waals surface area contributed by atoms with Crippen molar-refractivity contribution in [1.29, 1.82) is 0 Å². The van der Waals surface area contributed by atoms with E-state index in [1.54, 1.807) is 6.92 Å². The van der Waals surface area contributed by atoms with E-state index in [4.69, 9.17) is 10.2 Å². The van der Waals surface area contributed by atoms with Crippen molar-refractivity contribution in [3.05, 3.63) is 35.9 Å². The van der Waals surface area contributed by atoms with Gasteiger partial charge in [-0.15, -0.1) is 0 Å². The first-order valence-corrected chi connectivity index (χ1v) is 7.23. The third-order valence-electron chi connectivity index (χ3n) is 3.37. The van der Waals surface area contributed by atoms with Crippen molar-refractivity contribution >= 4 is 5.97 Å². The predicted octanol–water partition coefficient (Wildman–Crippen LogP) is 2.02. The van der Waals surface area contributed by atoms with Crippen molar-refractivity contribution in [2.24, 2.45) is 5.92 Å². The van der Waals surface area contributed by atoms with Gasteiger partial charge in [0.25, 0.3) is 0 Å². The van der Waals surface area contributed by atoms with E-state index in [2.05, 4.69) is 17.0 Å². The molecule has 0 bridgehead atoms. The van der Waals surface area contributed by atoms with Crippen molar-refractivity contribution in [3.63, 3.8) is 0 Å². The second-order valence-electron chi connectivity index (χ2n) is 5.21. The van der Waals surface area contributed by atoms with Crippen molar-refractivity contribution < 1.29 is 15.0 Å². The number of rotatable bonds is 10. The van der Waals surface area contributed by atoms with Crippen LogP contribution in [0.3, 0.4) is 0 Å². The molecule has 1 unspecified atom stereocenters. The Balaban J connectivity index is 2.37. The highest BCUT2D eigenvalue weighted by atomic mass is 16.4. The number of aliphatic carboxylic acids is 1. The SMILES string of the molecule is CC(CN(CCCO)CCCc1ccccc1)C(=O)O. The summed E-state index contributed by atoms with van der Waals surface area (Å²) in [6.45, 7) is 4.04. The van der Waals surface area contributed by atoms with Gasteiger partial charge in [-0.1, -0.05) is 37.3 Å². The molecule has 0 radical (unpaired) electrons. The standard InChI is InChI=1S/C16H25NO3/c1-14(16(19)20)13-17(11-6-12-18)10-5-9-15-7-3-2-4-8-15/h2-4,7-8,14,18H,5-6,9-13H2,1H3,(H,19,20). The van der Waals surface area contributed by atoms with E-state index >= 15 is 0 Å². The van der Waals surface area contributed by atoms with E-state index in [1.165, 1.54) is 5.56 Å². The zero-order valence-corrected chi connectivity index (χ0v) is 12.2. The average molecular weight is 279 g/mol. The van der Waals surface area contributed by atoms with Crippen LogP contribution >= 0.6 is 0 Å². The summed E-state index contributed by atoms with van der Waals surface area (Å²) in [4.78, 5) is 13.1. The zero-order chi connectivity index (χ0) is 14.8. The maximum atomic E-state index is 10.9. The number of carboxylic acids is 1. The zero-order valence-electron chi connectivity index (χ0n) is 12.2. The number of hydrogen-bond acceptors (Lipinski definition) is 3. The molecule has 1 rings (SSSR count). The highest BCUT2D eigenvalue weighted by molar-refractivity contribution is 5.69. The molecule has 1 aromatic rings. The Bertz CT molecular complexity index is 381.